The molecule has 0 radical (unpaired) electrons. The normalized spacial score (nSPS) is 10.4. The van der Waals surface area contributed by atoms with Crippen LogP contribution in [0.2, 0.25) is 0 Å². The van der Waals surface area contributed by atoms with E-state index in [0.29, 0.717) is 22.9 Å². The number of amides is 1. The summed E-state index contributed by atoms with van der Waals surface area (Å²) < 4.78 is 5.13. The van der Waals surface area contributed by atoms with E-state index in [1.165, 1.54) is 0 Å². The lowest BCUT2D eigenvalue weighted by Crippen LogP contribution is -2.12. The summed E-state index contributed by atoms with van der Waals surface area (Å²) in [4.78, 5) is 25.8. The number of aromatic nitrogens is 3. The van der Waals surface area contributed by atoms with Crippen LogP contribution in [0.3, 0.4) is 0 Å². The van der Waals surface area contributed by atoms with E-state index in [9.17, 15) is 4.79 Å². The van der Waals surface area contributed by atoms with E-state index >= 15 is 0 Å². The molecule has 0 atom stereocenters. The number of carbonyl (C=O) groups is 1. The first kappa shape index (κ1) is 20.0. The number of rotatable bonds is 6. The van der Waals surface area contributed by atoms with Crippen molar-refractivity contribution in [2.24, 2.45) is 0 Å². The molecular formula is C24H21N5O2. The lowest BCUT2D eigenvalue weighted by Gasteiger charge is -2.12. The van der Waals surface area contributed by atoms with Gasteiger partial charge in [0.05, 0.1) is 18.5 Å². The van der Waals surface area contributed by atoms with Crippen LogP contribution in [0.15, 0.2) is 79.1 Å². The van der Waals surface area contributed by atoms with Gasteiger partial charge < -0.3 is 15.4 Å². The molecular weight excluding hydrogens is 390 g/mol. The minimum atomic E-state index is -0.203. The van der Waals surface area contributed by atoms with Gasteiger partial charge in [0.2, 0.25) is 5.95 Å². The third-order valence-corrected chi connectivity index (χ3v) is 4.68. The Balaban J connectivity index is 1.52. The van der Waals surface area contributed by atoms with Gasteiger partial charge in [-0.1, -0.05) is 12.1 Å². The molecule has 4 aromatic rings. The molecule has 2 N–H and O–H groups in total. The lowest BCUT2D eigenvalue weighted by atomic mass is 10.1. The molecule has 1 amide bonds. The maximum atomic E-state index is 12.6. The van der Waals surface area contributed by atoms with Crippen LogP contribution in [0.25, 0.3) is 11.4 Å². The molecule has 0 saturated heterocycles. The fraction of sp³-hybridized carbons (Fsp3) is 0.0833. The van der Waals surface area contributed by atoms with Crippen LogP contribution in [0, 0.1) is 6.92 Å². The average Bonchev–Trinajstić information content (AvgIpc) is 2.82. The van der Waals surface area contributed by atoms with Crippen LogP contribution >= 0.6 is 0 Å². The highest BCUT2D eigenvalue weighted by Crippen LogP contribution is 2.24. The molecule has 2 aromatic carbocycles. The topological polar surface area (TPSA) is 89.0 Å². The molecule has 0 saturated carbocycles. The number of ether oxygens (including phenoxy) is 1. The van der Waals surface area contributed by atoms with E-state index in [2.05, 4.69) is 25.6 Å². The summed E-state index contributed by atoms with van der Waals surface area (Å²) in [5, 5.41) is 6.15. The molecule has 0 fully saturated rings. The molecule has 0 bridgehead atoms. The van der Waals surface area contributed by atoms with Crippen molar-refractivity contribution >= 4 is 23.2 Å². The second kappa shape index (κ2) is 9.04. The smallest absolute Gasteiger partial charge is 0.255 e. The lowest BCUT2D eigenvalue weighted by molar-refractivity contribution is 0.102. The fourth-order valence-electron chi connectivity index (χ4n) is 2.98. The van der Waals surface area contributed by atoms with E-state index < -0.39 is 0 Å². The van der Waals surface area contributed by atoms with Crippen molar-refractivity contribution in [2.45, 2.75) is 6.92 Å². The highest BCUT2D eigenvalue weighted by Gasteiger charge is 2.09. The van der Waals surface area contributed by atoms with Crippen molar-refractivity contribution < 1.29 is 9.53 Å². The van der Waals surface area contributed by atoms with Gasteiger partial charge in [0, 0.05) is 29.3 Å². The number of methoxy groups -OCH3 is 1. The Labute approximate surface area is 180 Å². The number of pyridine rings is 1. The molecule has 2 aromatic heterocycles. The van der Waals surface area contributed by atoms with Crippen molar-refractivity contribution in [1.29, 1.82) is 0 Å². The van der Waals surface area contributed by atoms with Gasteiger partial charge in [-0.3, -0.25) is 9.78 Å². The molecule has 4 rings (SSSR count). The van der Waals surface area contributed by atoms with Gasteiger partial charge in [0.1, 0.15) is 5.75 Å². The predicted octanol–water partition coefficient (Wildman–Crippen LogP) is 4.85. The van der Waals surface area contributed by atoms with Gasteiger partial charge in [0.25, 0.3) is 5.91 Å². The van der Waals surface area contributed by atoms with E-state index in [1.54, 1.807) is 43.8 Å². The van der Waals surface area contributed by atoms with Crippen LogP contribution in [-0.2, 0) is 0 Å². The average molecular weight is 411 g/mol. The van der Waals surface area contributed by atoms with Crippen molar-refractivity contribution in [2.75, 3.05) is 17.7 Å². The maximum Gasteiger partial charge on any atom is 0.255 e. The molecule has 7 nitrogen and oxygen atoms in total. The van der Waals surface area contributed by atoms with Gasteiger partial charge in [-0.15, -0.1) is 0 Å². The number of aryl methyl sites for hydroxylation is 1. The van der Waals surface area contributed by atoms with Crippen LogP contribution in [0.5, 0.6) is 5.75 Å². The number of nitrogens with one attached hydrogen (secondary N) is 2. The highest BCUT2D eigenvalue weighted by atomic mass is 16.5. The fourth-order valence-corrected chi connectivity index (χ4v) is 2.98. The van der Waals surface area contributed by atoms with Crippen molar-refractivity contribution in [3.63, 3.8) is 0 Å². The monoisotopic (exact) mass is 411 g/mol. The van der Waals surface area contributed by atoms with Crippen LogP contribution in [-0.4, -0.2) is 28.0 Å². The third kappa shape index (κ3) is 4.84. The Kier molecular flexibility index (Phi) is 5.84. The largest absolute Gasteiger partial charge is 0.497 e. The van der Waals surface area contributed by atoms with E-state index in [-0.39, 0.29) is 5.91 Å². The van der Waals surface area contributed by atoms with Crippen LogP contribution in [0.1, 0.15) is 15.9 Å². The van der Waals surface area contributed by atoms with Crippen LogP contribution in [0.4, 0.5) is 17.3 Å². The quantitative estimate of drug-likeness (QED) is 0.471. The molecule has 31 heavy (non-hydrogen) atoms. The van der Waals surface area contributed by atoms with Gasteiger partial charge in [-0.2, -0.15) is 0 Å². The number of anilines is 3. The molecule has 0 aliphatic rings. The van der Waals surface area contributed by atoms with E-state index in [1.807, 2.05) is 49.4 Å². The zero-order valence-electron chi connectivity index (χ0n) is 17.2. The number of carbonyl (C=O) groups excluding carboxylic acids is 1. The Bertz CT molecular complexity index is 1190. The minimum absolute atomic E-state index is 0.203. The Morgan fingerprint density at radius 1 is 0.903 bits per heavy atom. The zero-order chi connectivity index (χ0) is 21.6. The molecule has 0 aliphatic heterocycles. The first-order valence-electron chi connectivity index (χ1n) is 9.70. The van der Waals surface area contributed by atoms with Gasteiger partial charge in [-0.25, -0.2) is 9.97 Å². The van der Waals surface area contributed by atoms with Crippen molar-refractivity contribution in [1.82, 2.24) is 15.0 Å². The van der Waals surface area contributed by atoms with Crippen LogP contribution < -0.4 is 15.4 Å². The highest BCUT2D eigenvalue weighted by molar-refractivity contribution is 6.04. The Morgan fingerprint density at radius 3 is 2.48 bits per heavy atom. The SMILES string of the molecule is COc1ccc(C(=O)Nc2ccc(C)c(Nc3nccc(-c4ccccn4)n3)c2)cc1. The third-order valence-electron chi connectivity index (χ3n) is 4.68. The standard InChI is InChI=1S/C24H21N5O2/c1-16-6-9-18(27-23(30)17-7-10-19(31-2)11-8-17)15-22(16)29-24-26-14-12-21(28-24)20-5-3-4-13-25-20/h3-15H,1-2H3,(H,27,30)(H,26,28,29). The van der Waals surface area contributed by atoms with E-state index in [0.717, 1.165) is 22.6 Å². The summed E-state index contributed by atoms with van der Waals surface area (Å²) in [6.07, 6.45) is 3.41. The van der Waals surface area contributed by atoms with Crippen molar-refractivity contribution in [3.8, 4) is 17.1 Å². The predicted molar refractivity (Wildman–Crippen MR) is 121 cm³/mol. The second-order valence-corrected chi connectivity index (χ2v) is 6.82. The maximum absolute atomic E-state index is 12.6. The van der Waals surface area contributed by atoms with Gasteiger partial charge >= 0.3 is 0 Å². The molecule has 154 valence electrons. The number of hydrogen-bond acceptors (Lipinski definition) is 6. The first-order chi connectivity index (χ1) is 15.1. The molecule has 0 aliphatic carbocycles. The summed E-state index contributed by atoms with van der Waals surface area (Å²) in [6, 6.07) is 20.1. The summed E-state index contributed by atoms with van der Waals surface area (Å²) in [5.74, 6) is 0.946. The molecule has 7 heteroatoms. The Hall–Kier alpha value is -4.26. The number of nitrogens with zero attached hydrogens (tertiary/aromatic N) is 3. The first-order valence-corrected chi connectivity index (χ1v) is 9.70. The zero-order valence-corrected chi connectivity index (χ0v) is 17.2. The summed E-state index contributed by atoms with van der Waals surface area (Å²) in [7, 11) is 1.59. The van der Waals surface area contributed by atoms with Gasteiger partial charge in [-0.05, 0) is 67.1 Å². The molecule has 2 heterocycles. The second-order valence-electron chi connectivity index (χ2n) is 6.82. The van der Waals surface area contributed by atoms with Gasteiger partial charge in [0.15, 0.2) is 0 Å². The number of benzene rings is 2. The van der Waals surface area contributed by atoms with Crippen molar-refractivity contribution in [3.05, 3.63) is 90.3 Å². The number of hydrogen-bond donors (Lipinski definition) is 2. The minimum Gasteiger partial charge on any atom is -0.497 e. The molecule has 0 spiro atoms. The summed E-state index contributed by atoms with van der Waals surface area (Å²) in [5.41, 5.74) is 4.49. The summed E-state index contributed by atoms with van der Waals surface area (Å²) in [6.45, 7) is 1.97. The molecule has 0 unspecified atom stereocenters. The Morgan fingerprint density at radius 2 is 1.74 bits per heavy atom. The summed E-state index contributed by atoms with van der Waals surface area (Å²) >= 11 is 0. The van der Waals surface area contributed by atoms with E-state index in [4.69, 9.17) is 4.74 Å².